The maximum absolute atomic E-state index is 3.27. The van der Waals surface area contributed by atoms with Gasteiger partial charge in [-0.25, -0.2) is 0 Å². The number of hydrogen-bond donors (Lipinski definition) is 2. The Hall–Kier alpha value is -2.14. The van der Waals surface area contributed by atoms with Crippen molar-refractivity contribution in [1.29, 1.82) is 0 Å². The number of nitrogens with one attached hydrogen (secondary N) is 2. The molecular weight excluding hydrogens is 402 g/mol. The van der Waals surface area contributed by atoms with E-state index in [9.17, 15) is 0 Å². The van der Waals surface area contributed by atoms with Crippen molar-refractivity contribution < 1.29 is 0 Å². The van der Waals surface area contributed by atoms with E-state index in [1.54, 1.807) is 0 Å². The van der Waals surface area contributed by atoms with Crippen LogP contribution < -0.4 is 10.6 Å². The molecule has 2 heterocycles. The maximum atomic E-state index is 3.27. The number of hydrogen-bond acceptors (Lipinski definition) is 0. The highest BCUT2D eigenvalue weighted by atomic mass is 31.1. The van der Waals surface area contributed by atoms with Crippen LogP contribution in [0.2, 0.25) is 0 Å². The predicted molar refractivity (Wildman–Crippen MR) is 135 cm³/mol. The van der Waals surface area contributed by atoms with Crippen LogP contribution in [-0.2, 0) is 17.7 Å². The summed E-state index contributed by atoms with van der Waals surface area (Å²) in [7, 11) is 2.45. The standard InChI is InChI=1S/C26H30N2P2/c1-26(2,3)25-23(19-7-5-4-6-8-19)10-9-20(17-29)24(25)18-30(21-11-13-27-15-21)22-12-14-28-16-22/h4-16,27-28H,17-18,29H2,1-3H3. The van der Waals surface area contributed by atoms with Crippen LogP contribution in [0.5, 0.6) is 0 Å². The lowest BCUT2D eigenvalue weighted by molar-refractivity contribution is 0.586. The molecule has 0 aliphatic rings. The molecule has 0 aliphatic heterocycles. The molecular formula is C26H30N2P2. The zero-order chi connectivity index (χ0) is 21.1. The number of aromatic amines is 2. The van der Waals surface area contributed by atoms with Crippen LogP contribution >= 0.6 is 17.2 Å². The Bertz CT molecular complexity index is 1040. The molecule has 1 unspecified atom stereocenters. The Morgan fingerprint density at radius 3 is 1.97 bits per heavy atom. The van der Waals surface area contributed by atoms with Gasteiger partial charge in [0.25, 0.3) is 0 Å². The van der Waals surface area contributed by atoms with Crippen molar-refractivity contribution in [2.45, 2.75) is 38.5 Å². The largest absolute Gasteiger partial charge is 0.367 e. The maximum Gasteiger partial charge on any atom is 0.00860 e. The summed E-state index contributed by atoms with van der Waals surface area (Å²) in [6, 6.07) is 20.0. The number of aromatic nitrogens is 2. The molecule has 0 aliphatic carbocycles. The van der Waals surface area contributed by atoms with Crippen LogP contribution in [0.4, 0.5) is 0 Å². The summed E-state index contributed by atoms with van der Waals surface area (Å²) in [6.07, 6.45) is 10.4. The van der Waals surface area contributed by atoms with Crippen molar-refractivity contribution >= 4 is 27.8 Å². The summed E-state index contributed by atoms with van der Waals surface area (Å²) >= 11 is 0. The van der Waals surface area contributed by atoms with Crippen LogP contribution in [-0.4, -0.2) is 9.97 Å². The quantitative estimate of drug-likeness (QED) is 0.335. The lowest BCUT2D eigenvalue weighted by Gasteiger charge is -2.30. The van der Waals surface area contributed by atoms with E-state index in [1.165, 1.54) is 38.4 Å². The fourth-order valence-electron chi connectivity index (χ4n) is 4.23. The van der Waals surface area contributed by atoms with E-state index in [-0.39, 0.29) is 5.41 Å². The average molecular weight is 432 g/mol. The minimum atomic E-state index is -0.491. The van der Waals surface area contributed by atoms with Crippen LogP contribution in [0.15, 0.2) is 79.4 Å². The van der Waals surface area contributed by atoms with Crippen LogP contribution in [0.25, 0.3) is 11.1 Å². The van der Waals surface area contributed by atoms with Crippen molar-refractivity contribution in [2.75, 3.05) is 0 Å². The number of rotatable bonds is 6. The molecule has 0 radical (unpaired) electrons. The summed E-state index contributed by atoms with van der Waals surface area (Å²) in [5.41, 5.74) is 7.13. The summed E-state index contributed by atoms with van der Waals surface area (Å²) in [5, 5.41) is 2.79. The first kappa shape index (κ1) is 21.1. The molecule has 2 nitrogen and oxygen atoms in total. The second-order valence-corrected chi connectivity index (χ2v) is 11.3. The molecule has 0 spiro atoms. The molecule has 30 heavy (non-hydrogen) atoms. The SMILES string of the molecule is CC(C)(C)c1c(-c2ccccc2)ccc(CP)c1CP(c1cc[nH]c1)c1cc[nH]c1. The van der Waals surface area contributed by atoms with E-state index < -0.39 is 7.92 Å². The first-order valence-electron chi connectivity index (χ1n) is 10.4. The minimum Gasteiger partial charge on any atom is -0.367 e. The highest BCUT2D eigenvalue weighted by Crippen LogP contribution is 2.45. The van der Waals surface area contributed by atoms with Gasteiger partial charge in [0.15, 0.2) is 0 Å². The molecule has 0 saturated carbocycles. The average Bonchev–Trinajstić information content (AvgIpc) is 3.45. The lowest BCUT2D eigenvalue weighted by atomic mass is 9.78. The molecule has 0 saturated heterocycles. The predicted octanol–water partition coefficient (Wildman–Crippen LogP) is 6.32. The van der Waals surface area contributed by atoms with E-state index in [0.29, 0.717) is 0 Å². The highest BCUT2D eigenvalue weighted by molar-refractivity contribution is 7.72. The Labute approximate surface area is 183 Å². The third-order valence-electron chi connectivity index (χ3n) is 5.57. The van der Waals surface area contributed by atoms with Gasteiger partial charge in [-0.1, -0.05) is 63.2 Å². The summed E-state index contributed by atoms with van der Waals surface area (Å²) in [4.78, 5) is 6.54. The first-order chi connectivity index (χ1) is 14.5. The van der Waals surface area contributed by atoms with Crippen LogP contribution in [0, 0.1) is 0 Å². The molecule has 2 aromatic carbocycles. The molecule has 4 aromatic rings. The van der Waals surface area contributed by atoms with Gasteiger partial charge in [-0.2, -0.15) is 0 Å². The van der Waals surface area contributed by atoms with E-state index in [0.717, 1.165) is 12.3 Å². The monoisotopic (exact) mass is 432 g/mol. The second-order valence-electron chi connectivity index (χ2n) is 8.67. The van der Waals surface area contributed by atoms with Gasteiger partial charge in [-0.05, 0) is 70.1 Å². The first-order valence-corrected chi connectivity index (χ1v) is 12.8. The smallest absolute Gasteiger partial charge is 0.00860 e. The zero-order valence-corrected chi connectivity index (χ0v) is 20.0. The minimum absolute atomic E-state index is 0.0493. The zero-order valence-electron chi connectivity index (χ0n) is 17.9. The van der Waals surface area contributed by atoms with Crippen molar-refractivity contribution in [3.63, 3.8) is 0 Å². The van der Waals surface area contributed by atoms with E-state index in [4.69, 9.17) is 0 Å². The molecule has 4 heteroatoms. The third-order valence-corrected chi connectivity index (χ3v) is 8.44. The van der Waals surface area contributed by atoms with E-state index >= 15 is 0 Å². The molecule has 2 aromatic heterocycles. The fourth-order valence-corrected chi connectivity index (χ4v) is 6.93. The van der Waals surface area contributed by atoms with Crippen molar-refractivity contribution in [3.8, 4) is 11.1 Å². The van der Waals surface area contributed by atoms with Gasteiger partial charge < -0.3 is 9.97 Å². The van der Waals surface area contributed by atoms with Crippen molar-refractivity contribution in [1.82, 2.24) is 9.97 Å². The van der Waals surface area contributed by atoms with Gasteiger partial charge >= 0.3 is 0 Å². The van der Waals surface area contributed by atoms with Crippen molar-refractivity contribution in [2.24, 2.45) is 0 Å². The van der Waals surface area contributed by atoms with Gasteiger partial charge in [-0.15, -0.1) is 9.24 Å². The summed E-state index contributed by atoms with van der Waals surface area (Å²) in [6.45, 7) is 7.04. The van der Waals surface area contributed by atoms with E-state index in [2.05, 4.69) is 107 Å². The molecule has 0 amide bonds. The molecule has 1 atom stereocenters. The topological polar surface area (TPSA) is 31.6 Å². The second kappa shape index (κ2) is 8.93. The molecule has 0 bridgehead atoms. The Morgan fingerprint density at radius 1 is 0.833 bits per heavy atom. The van der Waals surface area contributed by atoms with Gasteiger partial charge in [0, 0.05) is 30.9 Å². The Balaban J connectivity index is 1.91. The molecule has 4 rings (SSSR count). The van der Waals surface area contributed by atoms with E-state index in [1.807, 2.05) is 12.4 Å². The van der Waals surface area contributed by atoms with Gasteiger partial charge in [-0.3, -0.25) is 0 Å². The van der Waals surface area contributed by atoms with Crippen molar-refractivity contribution in [3.05, 3.63) is 96.1 Å². The third kappa shape index (κ3) is 4.31. The van der Waals surface area contributed by atoms with Gasteiger partial charge in [0.05, 0.1) is 0 Å². The highest BCUT2D eigenvalue weighted by Gasteiger charge is 2.27. The fraction of sp³-hybridized carbons (Fsp3) is 0.231. The molecule has 154 valence electrons. The normalized spacial score (nSPS) is 11.9. The summed E-state index contributed by atoms with van der Waals surface area (Å²) in [5.74, 6) is 0. The Kier molecular flexibility index (Phi) is 6.28. The number of H-pyrrole nitrogens is 2. The van der Waals surface area contributed by atoms with Gasteiger partial charge in [0.1, 0.15) is 0 Å². The van der Waals surface area contributed by atoms with Gasteiger partial charge in [0.2, 0.25) is 0 Å². The summed E-state index contributed by atoms with van der Waals surface area (Å²) < 4.78 is 0. The Morgan fingerprint density at radius 2 is 1.47 bits per heavy atom. The molecule has 0 fully saturated rings. The lowest BCUT2D eigenvalue weighted by Crippen LogP contribution is -2.19. The van der Waals surface area contributed by atoms with Crippen LogP contribution in [0.1, 0.15) is 37.5 Å². The molecule has 2 N–H and O–H groups in total. The number of benzene rings is 2. The van der Waals surface area contributed by atoms with Crippen LogP contribution in [0.3, 0.4) is 0 Å².